The minimum absolute atomic E-state index is 0.0532. The zero-order valence-corrected chi connectivity index (χ0v) is 17.2. The molecular formula is C17H24N4O4S2. The molecule has 3 rings (SSSR count). The minimum Gasteiger partial charge on any atom is -0.412 e. The van der Waals surface area contributed by atoms with E-state index >= 15 is 0 Å². The third-order valence-corrected chi connectivity index (χ3v) is 7.84. The molecule has 0 radical (unpaired) electrons. The third kappa shape index (κ3) is 4.39. The number of nitrogens with zero attached hydrogens (tertiary/aromatic N) is 4. The van der Waals surface area contributed by atoms with Gasteiger partial charge in [-0.1, -0.05) is 13.3 Å². The molecule has 10 heteroatoms. The number of sulfonamides is 1. The summed E-state index contributed by atoms with van der Waals surface area (Å²) in [7, 11) is -1.96. The summed E-state index contributed by atoms with van der Waals surface area (Å²) in [5.74, 6) is -0.164. The molecule has 3 heterocycles. The molecule has 0 atom stereocenters. The van der Waals surface area contributed by atoms with Crippen LogP contribution >= 0.6 is 11.3 Å². The highest BCUT2D eigenvalue weighted by Crippen LogP contribution is 2.29. The van der Waals surface area contributed by atoms with Crippen molar-refractivity contribution in [1.82, 2.24) is 19.4 Å². The number of unbranched alkanes of at least 4 members (excludes halogenated alkanes) is 1. The molecule has 2 aromatic rings. The van der Waals surface area contributed by atoms with Crippen molar-refractivity contribution >= 4 is 27.3 Å². The molecule has 0 aliphatic carbocycles. The molecule has 0 aromatic carbocycles. The van der Waals surface area contributed by atoms with Gasteiger partial charge in [-0.15, -0.1) is 21.5 Å². The van der Waals surface area contributed by atoms with Crippen LogP contribution in [0.25, 0.3) is 11.5 Å². The van der Waals surface area contributed by atoms with Crippen molar-refractivity contribution in [2.75, 3.05) is 26.7 Å². The van der Waals surface area contributed by atoms with E-state index in [1.54, 1.807) is 17.3 Å². The smallest absolute Gasteiger partial charge is 0.311 e. The Morgan fingerprint density at radius 1 is 1.30 bits per heavy atom. The predicted octanol–water partition coefficient (Wildman–Crippen LogP) is 2.84. The van der Waals surface area contributed by atoms with Gasteiger partial charge < -0.3 is 9.32 Å². The molecule has 0 N–H and O–H groups in total. The van der Waals surface area contributed by atoms with Crippen LogP contribution in [0.5, 0.6) is 0 Å². The Balaban J connectivity index is 1.75. The van der Waals surface area contributed by atoms with Crippen LogP contribution in [0.15, 0.2) is 20.1 Å². The highest BCUT2D eigenvalue weighted by Gasteiger charge is 2.26. The Bertz CT molecular complexity index is 884. The Morgan fingerprint density at radius 2 is 2.04 bits per heavy atom. The molecule has 1 amide bonds. The summed E-state index contributed by atoms with van der Waals surface area (Å²) < 4.78 is 32.3. The van der Waals surface area contributed by atoms with Gasteiger partial charge in [0.25, 0.3) is 10.0 Å². The number of aromatic nitrogens is 2. The van der Waals surface area contributed by atoms with Gasteiger partial charge >= 0.3 is 11.8 Å². The molecule has 0 unspecified atom stereocenters. The molecule has 1 aliphatic heterocycles. The number of likely N-dealkylation sites (tertiary alicyclic amines) is 1. The van der Waals surface area contributed by atoms with E-state index in [9.17, 15) is 13.2 Å². The second kappa shape index (κ2) is 8.49. The first kappa shape index (κ1) is 20.0. The highest BCUT2D eigenvalue weighted by atomic mass is 32.2. The van der Waals surface area contributed by atoms with Gasteiger partial charge in [0, 0.05) is 32.1 Å². The molecule has 0 spiro atoms. The third-order valence-electron chi connectivity index (χ3n) is 4.56. The molecule has 2 aromatic heterocycles. The van der Waals surface area contributed by atoms with Crippen LogP contribution in [0, 0.1) is 0 Å². The van der Waals surface area contributed by atoms with E-state index in [1.807, 2.05) is 6.92 Å². The van der Waals surface area contributed by atoms with E-state index in [4.69, 9.17) is 4.42 Å². The summed E-state index contributed by atoms with van der Waals surface area (Å²) >= 11 is 1.11. The van der Waals surface area contributed by atoms with Gasteiger partial charge in [-0.25, -0.2) is 12.7 Å². The number of hydrogen-bond donors (Lipinski definition) is 0. The maximum Gasteiger partial charge on any atom is 0.311 e. The van der Waals surface area contributed by atoms with Gasteiger partial charge in [0.15, 0.2) is 0 Å². The maximum atomic E-state index is 12.6. The number of rotatable bonds is 7. The quantitative estimate of drug-likeness (QED) is 0.694. The fraction of sp³-hybridized carbons (Fsp3) is 0.588. The Hall–Kier alpha value is -1.78. The van der Waals surface area contributed by atoms with Crippen LogP contribution in [0.4, 0.5) is 0 Å². The standard InChI is InChI=1S/C17H24N4O4S2/c1-3-4-8-20(2)27(23,24)14-11-13(12-26-14)15-18-19-16(25-15)17(22)21-9-6-5-7-10-21/h11-12H,3-10H2,1-2H3. The van der Waals surface area contributed by atoms with E-state index < -0.39 is 10.0 Å². The molecular weight excluding hydrogens is 388 g/mol. The van der Waals surface area contributed by atoms with Crippen LogP contribution in [-0.4, -0.2) is 60.4 Å². The van der Waals surface area contributed by atoms with Crippen molar-refractivity contribution in [3.05, 3.63) is 17.3 Å². The SMILES string of the molecule is CCCCN(C)S(=O)(=O)c1cc(-c2nnc(C(=O)N3CCCCC3)o2)cs1. The van der Waals surface area contributed by atoms with Gasteiger partial charge in [-0.3, -0.25) is 4.79 Å². The fourth-order valence-electron chi connectivity index (χ4n) is 2.88. The lowest BCUT2D eigenvalue weighted by atomic mass is 10.1. The highest BCUT2D eigenvalue weighted by molar-refractivity contribution is 7.91. The summed E-state index contributed by atoms with van der Waals surface area (Å²) in [5, 5.41) is 9.43. The lowest BCUT2D eigenvalue weighted by molar-refractivity contribution is 0.0684. The lowest BCUT2D eigenvalue weighted by Crippen LogP contribution is -2.35. The minimum atomic E-state index is -3.54. The first-order valence-electron chi connectivity index (χ1n) is 9.11. The number of amides is 1. The molecule has 0 bridgehead atoms. The van der Waals surface area contributed by atoms with E-state index in [2.05, 4.69) is 10.2 Å². The fourth-order valence-corrected chi connectivity index (χ4v) is 5.45. The summed E-state index contributed by atoms with van der Waals surface area (Å²) in [6.07, 6.45) is 4.80. The number of carbonyl (C=O) groups is 1. The topological polar surface area (TPSA) is 96.6 Å². The molecule has 1 saturated heterocycles. The summed E-state index contributed by atoms with van der Waals surface area (Å²) in [6, 6.07) is 1.52. The zero-order chi connectivity index (χ0) is 19.4. The van der Waals surface area contributed by atoms with Gasteiger partial charge in [-0.2, -0.15) is 0 Å². The van der Waals surface area contributed by atoms with Crippen LogP contribution in [-0.2, 0) is 10.0 Å². The van der Waals surface area contributed by atoms with Gasteiger partial charge in [0.05, 0.1) is 5.56 Å². The first-order valence-corrected chi connectivity index (χ1v) is 11.4. The predicted molar refractivity (Wildman–Crippen MR) is 102 cm³/mol. The largest absolute Gasteiger partial charge is 0.412 e. The molecule has 27 heavy (non-hydrogen) atoms. The lowest BCUT2D eigenvalue weighted by Gasteiger charge is -2.24. The number of thiophene rings is 1. The average molecular weight is 413 g/mol. The van der Waals surface area contributed by atoms with Crippen LogP contribution in [0.2, 0.25) is 0 Å². The van der Waals surface area contributed by atoms with E-state index in [1.165, 1.54) is 10.4 Å². The van der Waals surface area contributed by atoms with E-state index in [0.717, 1.165) is 43.4 Å². The summed E-state index contributed by atoms with van der Waals surface area (Å²) in [4.78, 5) is 14.1. The van der Waals surface area contributed by atoms with Gasteiger partial charge in [0.1, 0.15) is 4.21 Å². The summed E-state index contributed by atoms with van der Waals surface area (Å²) in [5.41, 5.74) is 0.507. The maximum absolute atomic E-state index is 12.6. The van der Waals surface area contributed by atoms with Crippen LogP contribution in [0.1, 0.15) is 49.7 Å². The first-order chi connectivity index (χ1) is 12.9. The van der Waals surface area contributed by atoms with Crippen molar-refractivity contribution in [3.63, 3.8) is 0 Å². The van der Waals surface area contributed by atoms with Crippen LogP contribution in [0.3, 0.4) is 0 Å². The normalized spacial score (nSPS) is 15.4. The Morgan fingerprint density at radius 3 is 2.74 bits per heavy atom. The monoisotopic (exact) mass is 412 g/mol. The van der Waals surface area contributed by atoms with E-state index in [-0.39, 0.29) is 21.9 Å². The number of hydrogen-bond acceptors (Lipinski definition) is 7. The Kier molecular flexibility index (Phi) is 6.28. The van der Waals surface area contributed by atoms with Crippen LogP contribution < -0.4 is 0 Å². The number of carbonyl (C=O) groups excluding carboxylic acids is 1. The van der Waals surface area contributed by atoms with Gasteiger partial charge in [-0.05, 0) is 31.7 Å². The molecule has 8 nitrogen and oxygen atoms in total. The average Bonchev–Trinajstić information content (AvgIpc) is 3.35. The number of piperidine rings is 1. The molecule has 1 aliphatic rings. The van der Waals surface area contributed by atoms with Gasteiger partial charge in [0.2, 0.25) is 5.89 Å². The van der Waals surface area contributed by atoms with Crippen molar-refractivity contribution in [2.24, 2.45) is 0 Å². The zero-order valence-electron chi connectivity index (χ0n) is 15.5. The van der Waals surface area contributed by atoms with Crippen molar-refractivity contribution in [2.45, 2.75) is 43.2 Å². The second-order valence-corrected chi connectivity index (χ2v) is 9.78. The summed E-state index contributed by atoms with van der Waals surface area (Å²) in [6.45, 7) is 3.88. The van der Waals surface area contributed by atoms with Crippen molar-refractivity contribution in [1.29, 1.82) is 0 Å². The van der Waals surface area contributed by atoms with Crippen molar-refractivity contribution in [3.8, 4) is 11.5 Å². The molecule has 0 saturated carbocycles. The van der Waals surface area contributed by atoms with E-state index in [0.29, 0.717) is 25.2 Å². The Labute approximate surface area is 163 Å². The van der Waals surface area contributed by atoms with Crippen molar-refractivity contribution < 1.29 is 17.6 Å². The second-order valence-electron chi connectivity index (χ2n) is 6.60. The molecule has 1 fully saturated rings. The molecule has 148 valence electrons.